The van der Waals surface area contributed by atoms with Gasteiger partial charge in [0.2, 0.25) is 0 Å². The van der Waals surface area contributed by atoms with Gasteiger partial charge in [0.1, 0.15) is 0 Å². The van der Waals surface area contributed by atoms with Crippen molar-refractivity contribution < 1.29 is 9.13 Å². The molecule has 0 fully saturated rings. The molecule has 0 saturated carbocycles. The van der Waals surface area contributed by atoms with Crippen LogP contribution >= 0.6 is 14.3 Å². The minimum atomic E-state index is -3.14. The topological polar surface area (TPSA) is 53.9 Å². The lowest BCUT2D eigenvalue weighted by molar-refractivity contribution is 0.592. The fourth-order valence-corrected chi connectivity index (χ4v) is 25.0. The van der Waals surface area contributed by atoms with Crippen LogP contribution in [-0.4, -0.2) is 18.3 Å². The zero-order valence-electron chi connectivity index (χ0n) is 62.9. The summed E-state index contributed by atoms with van der Waals surface area (Å²) in [5.41, 5.74) is 26.9. The first-order chi connectivity index (χ1) is 57.3. The zero-order chi connectivity index (χ0) is 76.7. The fourth-order valence-electron chi connectivity index (χ4n) is 19.0. The number of rotatable bonds is 10. The maximum atomic E-state index is 15.7. The Morgan fingerprint density at radius 3 is 0.621 bits per heavy atom. The molecule has 0 bridgehead atoms. The molecule has 2 aliphatic heterocycles. The van der Waals surface area contributed by atoms with Crippen LogP contribution in [0, 0.1) is 0 Å². The molecule has 0 spiro atoms. The van der Waals surface area contributed by atoms with Gasteiger partial charge in [-0.1, -0.05) is 279 Å². The first-order valence-electron chi connectivity index (χ1n) is 39.6. The van der Waals surface area contributed by atoms with Crippen molar-refractivity contribution in [3.05, 3.63) is 425 Å². The molecule has 18 aromatic carbocycles. The second kappa shape index (κ2) is 26.6. The Kier molecular flexibility index (Phi) is 15.5. The normalized spacial score (nSPS) is 13.0. The summed E-state index contributed by atoms with van der Waals surface area (Å²) in [5.74, 6) is 0. The maximum Gasteiger partial charge on any atom is 0.172 e. The van der Waals surface area contributed by atoms with E-state index in [1.165, 1.54) is 87.2 Å². The summed E-state index contributed by atoms with van der Waals surface area (Å²) in [5, 5.41) is 15.3. The first kappa shape index (κ1) is 67.3. The second-order valence-electron chi connectivity index (χ2n) is 30.5. The number of nitrogens with zero attached hydrogens (tertiary/aromatic N) is 4. The molecule has 6 heterocycles. The van der Waals surface area contributed by atoms with Crippen molar-refractivity contribution in [2.45, 2.75) is 0 Å². The van der Waals surface area contributed by atoms with E-state index in [-0.39, 0.29) is 0 Å². The third-order valence-corrected chi connectivity index (χ3v) is 30.6. The van der Waals surface area contributed by atoms with E-state index < -0.39 is 14.3 Å². The van der Waals surface area contributed by atoms with E-state index in [4.69, 9.17) is 0 Å². The maximum absolute atomic E-state index is 15.7. The van der Waals surface area contributed by atoms with Gasteiger partial charge in [0.05, 0.1) is 44.1 Å². The summed E-state index contributed by atoms with van der Waals surface area (Å²) in [4.78, 5) is 0. The number of aromatic nitrogens is 4. The molecule has 4 aromatic heterocycles. The molecule has 0 atom stereocenters. The minimum absolute atomic E-state index is 0.859. The minimum Gasteiger partial charge on any atom is -0.309 e. The van der Waals surface area contributed by atoms with Gasteiger partial charge in [-0.25, -0.2) is 0 Å². The monoisotopic (exact) mass is 1520 g/mol. The molecule has 0 radical (unpaired) electrons. The van der Waals surface area contributed by atoms with E-state index in [1.807, 2.05) is 60.7 Å². The van der Waals surface area contributed by atoms with Gasteiger partial charge in [-0.2, -0.15) is 0 Å². The fraction of sp³-hybridized carbons (Fsp3) is 0. The van der Waals surface area contributed by atoms with Crippen molar-refractivity contribution in [1.82, 2.24) is 18.3 Å². The molecule has 544 valence electrons. The van der Waals surface area contributed by atoms with Crippen molar-refractivity contribution in [1.29, 1.82) is 0 Å². The number of para-hydroxylation sites is 8. The van der Waals surface area contributed by atoms with Crippen molar-refractivity contribution >= 4 is 133 Å². The summed E-state index contributed by atoms with van der Waals surface area (Å²) in [6.07, 6.45) is 0. The molecular weight excluding hydrogens is 1450 g/mol. The Morgan fingerprint density at radius 2 is 0.362 bits per heavy atom. The highest BCUT2D eigenvalue weighted by Crippen LogP contribution is 2.56. The van der Waals surface area contributed by atoms with Crippen molar-refractivity contribution in [3.63, 3.8) is 0 Å². The number of hydrogen-bond acceptors (Lipinski definition) is 2. The van der Waals surface area contributed by atoms with E-state index in [1.54, 1.807) is 0 Å². The summed E-state index contributed by atoms with van der Waals surface area (Å²) < 4.78 is 40.6. The average molecular weight is 1520 g/mol. The molecule has 6 nitrogen and oxygen atoms in total. The summed E-state index contributed by atoms with van der Waals surface area (Å²) in [7, 11) is -6.25. The summed E-state index contributed by atoms with van der Waals surface area (Å²) in [6.45, 7) is 0. The van der Waals surface area contributed by atoms with Gasteiger partial charge < -0.3 is 27.4 Å². The van der Waals surface area contributed by atoms with Crippen LogP contribution in [-0.2, 0) is 9.13 Å². The molecule has 0 amide bonds. The Balaban J connectivity index is 0.000000137. The molecule has 8 heteroatoms. The number of fused-ring (bicyclic) bond motifs is 18. The molecule has 0 unspecified atom stereocenters. The van der Waals surface area contributed by atoms with Gasteiger partial charge in [-0.3, -0.25) is 0 Å². The standard InChI is InChI=1S/2C54H35N2OP/c57-58(42-18-2-1-3-19-42)53-30-28-38(36-14-12-16-40(32-36)55-49-24-8-4-20-43(49)44-21-5-9-25-50(44)55)34-47(53)48-35-39(29-31-54(48)58)37-15-13-17-41(33-37)56-51-26-10-6-22-45(51)46-23-7-11-27-52(46)56;57-58(42-12-2-1-3-13-42)53-32-26-38(36-22-28-40(29-23-36)55-49-18-8-4-14-43(49)44-15-5-9-19-50(44)55)34-47(53)48-35-39(27-33-54(48)58)37-24-30-41(31-25-37)56-51-20-10-6-16-45(51)46-17-7-11-21-52(46)56/h2*1-35H. The highest BCUT2D eigenvalue weighted by Gasteiger charge is 2.42. The molecule has 116 heavy (non-hydrogen) atoms. The molecule has 0 saturated heterocycles. The highest BCUT2D eigenvalue weighted by molar-refractivity contribution is 7.87. The summed E-state index contributed by atoms with van der Waals surface area (Å²) in [6, 6.07) is 150. The van der Waals surface area contributed by atoms with Gasteiger partial charge in [0.25, 0.3) is 0 Å². The van der Waals surface area contributed by atoms with Crippen LogP contribution in [0.15, 0.2) is 425 Å². The highest BCUT2D eigenvalue weighted by atomic mass is 31.2. The third kappa shape index (κ3) is 10.4. The molecule has 22 aromatic rings. The summed E-state index contributed by atoms with van der Waals surface area (Å²) >= 11 is 0. The van der Waals surface area contributed by atoms with Gasteiger partial charge in [-0.15, -0.1) is 0 Å². The van der Waals surface area contributed by atoms with Crippen LogP contribution < -0.4 is 31.8 Å². The van der Waals surface area contributed by atoms with Crippen molar-refractivity contribution in [3.8, 4) is 89.5 Å². The van der Waals surface area contributed by atoms with Crippen LogP contribution in [0.5, 0.6) is 0 Å². The van der Waals surface area contributed by atoms with Crippen LogP contribution in [0.3, 0.4) is 0 Å². The van der Waals surface area contributed by atoms with Crippen LogP contribution in [0.1, 0.15) is 0 Å². The van der Waals surface area contributed by atoms with E-state index in [0.29, 0.717) is 0 Å². The van der Waals surface area contributed by atoms with Crippen LogP contribution in [0.25, 0.3) is 177 Å². The number of benzene rings is 18. The Bertz CT molecular complexity index is 7270. The second-order valence-corrected chi connectivity index (χ2v) is 35.9. The van der Waals surface area contributed by atoms with E-state index in [2.05, 4.69) is 382 Å². The lowest BCUT2D eigenvalue weighted by Gasteiger charge is -2.16. The molecule has 24 rings (SSSR count). The average Bonchev–Trinajstić information content (AvgIpc) is 1.55. The molecule has 0 aliphatic carbocycles. The van der Waals surface area contributed by atoms with Crippen molar-refractivity contribution in [2.75, 3.05) is 0 Å². The van der Waals surface area contributed by atoms with Gasteiger partial charge in [-0.05, 0) is 212 Å². The SMILES string of the molecule is O=P1(c2ccccc2)c2ccc(-c3ccc(-n4c5ccccc5c5ccccc54)cc3)cc2-c2cc(-c3ccc(-n4c5ccccc5c5ccccc54)cc3)ccc21.O=P1(c2ccccc2)c2ccc(-c3cccc(-n4c5ccccc5c5ccccc54)c3)cc2-c2cc(-c3cccc(-n4c5ccccc5c5ccccc54)c3)ccc21. The third-order valence-electron chi connectivity index (χ3n) is 24.3. The zero-order valence-corrected chi connectivity index (χ0v) is 64.7. The van der Waals surface area contributed by atoms with Crippen LogP contribution in [0.2, 0.25) is 0 Å². The Labute approximate surface area is 670 Å². The Morgan fingerprint density at radius 1 is 0.155 bits per heavy atom. The van der Waals surface area contributed by atoms with Gasteiger partial charge in [0.15, 0.2) is 14.3 Å². The number of hydrogen-bond donors (Lipinski definition) is 0. The van der Waals surface area contributed by atoms with Gasteiger partial charge >= 0.3 is 0 Å². The smallest absolute Gasteiger partial charge is 0.172 e. The predicted molar refractivity (Wildman–Crippen MR) is 489 cm³/mol. The lowest BCUT2D eigenvalue weighted by atomic mass is 9.96. The molecular formula is C108H70N4O2P2. The van der Waals surface area contributed by atoms with E-state index in [0.717, 1.165) is 121 Å². The quantitative estimate of drug-likeness (QED) is 0.128. The Hall–Kier alpha value is -14.4. The van der Waals surface area contributed by atoms with Crippen molar-refractivity contribution in [2.24, 2.45) is 0 Å². The molecule has 0 N–H and O–H groups in total. The van der Waals surface area contributed by atoms with E-state index >= 15 is 9.13 Å². The lowest BCUT2D eigenvalue weighted by Crippen LogP contribution is -2.20. The van der Waals surface area contributed by atoms with Gasteiger partial charge in [0, 0.05) is 97.7 Å². The van der Waals surface area contributed by atoms with Crippen LogP contribution in [0.4, 0.5) is 0 Å². The predicted octanol–water partition coefficient (Wildman–Crippen LogP) is 25.7. The largest absolute Gasteiger partial charge is 0.309 e. The first-order valence-corrected chi connectivity index (χ1v) is 43.0. The van der Waals surface area contributed by atoms with E-state index in [9.17, 15) is 0 Å². The molecule has 2 aliphatic rings.